The summed E-state index contributed by atoms with van der Waals surface area (Å²) in [7, 11) is 0. The van der Waals surface area contributed by atoms with E-state index < -0.39 is 0 Å². The first kappa shape index (κ1) is 12.8. The van der Waals surface area contributed by atoms with Gasteiger partial charge in [0, 0.05) is 19.3 Å². The Morgan fingerprint density at radius 3 is 2.68 bits per heavy atom. The second kappa shape index (κ2) is 5.80. The summed E-state index contributed by atoms with van der Waals surface area (Å²) in [6.07, 6.45) is 3.16. The molecular weight excluding hydrogens is 242 g/mol. The Morgan fingerprint density at radius 1 is 1.16 bits per heavy atom. The highest BCUT2D eigenvalue weighted by atomic mass is 16.6. The zero-order chi connectivity index (χ0) is 13.1. The van der Waals surface area contributed by atoms with Gasteiger partial charge >= 0.3 is 0 Å². The van der Waals surface area contributed by atoms with Gasteiger partial charge in [0.2, 0.25) is 0 Å². The van der Waals surface area contributed by atoms with Crippen LogP contribution in [0, 0.1) is 5.92 Å². The van der Waals surface area contributed by atoms with Crippen LogP contribution in [0.25, 0.3) is 0 Å². The van der Waals surface area contributed by atoms with Gasteiger partial charge in [-0.2, -0.15) is 0 Å². The molecule has 0 saturated carbocycles. The highest BCUT2D eigenvalue weighted by Crippen LogP contribution is 2.32. The fraction of sp³-hybridized carbons (Fsp3) is 0.600. The van der Waals surface area contributed by atoms with E-state index in [1.807, 2.05) is 24.3 Å². The summed E-state index contributed by atoms with van der Waals surface area (Å²) >= 11 is 0. The Kier molecular flexibility index (Phi) is 3.89. The molecule has 2 N–H and O–H groups in total. The number of rotatable bonds is 3. The first-order chi connectivity index (χ1) is 9.33. The Labute approximate surface area is 113 Å². The van der Waals surface area contributed by atoms with Gasteiger partial charge in [0.25, 0.3) is 0 Å². The van der Waals surface area contributed by atoms with E-state index in [4.69, 9.17) is 19.9 Å². The topological polar surface area (TPSA) is 53.7 Å². The van der Waals surface area contributed by atoms with E-state index in [2.05, 4.69) is 0 Å². The molecule has 19 heavy (non-hydrogen) atoms. The van der Waals surface area contributed by atoms with Crippen molar-refractivity contribution in [1.82, 2.24) is 0 Å². The van der Waals surface area contributed by atoms with Gasteiger partial charge in [-0.3, -0.25) is 0 Å². The molecule has 0 radical (unpaired) electrons. The molecule has 1 aromatic carbocycles. The Balaban J connectivity index is 1.58. The van der Waals surface area contributed by atoms with Gasteiger partial charge in [-0.1, -0.05) is 12.1 Å². The van der Waals surface area contributed by atoms with Crippen molar-refractivity contribution in [2.75, 3.05) is 19.8 Å². The number of nitrogens with two attached hydrogens (primary N) is 1. The lowest BCUT2D eigenvalue weighted by atomic mass is 9.90. The van der Waals surface area contributed by atoms with E-state index in [-0.39, 0.29) is 12.1 Å². The first-order valence-electron chi connectivity index (χ1n) is 7.05. The molecular formula is C15H21NO3. The van der Waals surface area contributed by atoms with Crippen LogP contribution in [0.1, 0.15) is 19.3 Å². The first-order valence-corrected chi connectivity index (χ1v) is 7.05. The average molecular weight is 263 g/mol. The summed E-state index contributed by atoms with van der Waals surface area (Å²) < 4.78 is 17.0. The van der Waals surface area contributed by atoms with Gasteiger partial charge in [-0.05, 0) is 37.3 Å². The van der Waals surface area contributed by atoms with Gasteiger partial charge in [0.1, 0.15) is 12.7 Å². The fourth-order valence-electron chi connectivity index (χ4n) is 2.77. The molecule has 2 atom stereocenters. The maximum atomic E-state index is 6.29. The molecule has 0 spiro atoms. The van der Waals surface area contributed by atoms with Gasteiger partial charge in [0.15, 0.2) is 11.5 Å². The molecule has 4 heteroatoms. The van der Waals surface area contributed by atoms with Gasteiger partial charge in [-0.25, -0.2) is 0 Å². The minimum absolute atomic E-state index is 0.0245. The SMILES string of the molecule is N[C@H](CC1CCOCC1)[C@@H]1COc2ccccc2O1. The van der Waals surface area contributed by atoms with E-state index >= 15 is 0 Å². The zero-order valence-electron chi connectivity index (χ0n) is 11.1. The summed E-state index contributed by atoms with van der Waals surface area (Å²) in [5.41, 5.74) is 6.29. The minimum atomic E-state index is -0.0438. The van der Waals surface area contributed by atoms with Gasteiger partial charge in [-0.15, -0.1) is 0 Å². The van der Waals surface area contributed by atoms with Crippen LogP contribution in [0.3, 0.4) is 0 Å². The highest BCUT2D eigenvalue weighted by Gasteiger charge is 2.28. The van der Waals surface area contributed by atoms with Gasteiger partial charge < -0.3 is 19.9 Å². The van der Waals surface area contributed by atoms with Crippen LogP contribution in [-0.4, -0.2) is 32.0 Å². The van der Waals surface area contributed by atoms with Crippen LogP contribution in [0.15, 0.2) is 24.3 Å². The lowest BCUT2D eigenvalue weighted by molar-refractivity contribution is 0.0392. The normalized spacial score (nSPS) is 25.0. The molecule has 2 aliphatic heterocycles. The van der Waals surface area contributed by atoms with Crippen molar-refractivity contribution in [2.45, 2.75) is 31.4 Å². The predicted octanol–water partition coefficient (Wildman–Crippen LogP) is 1.97. The van der Waals surface area contributed by atoms with Crippen molar-refractivity contribution in [3.05, 3.63) is 24.3 Å². The third-order valence-corrected chi connectivity index (χ3v) is 3.95. The summed E-state index contributed by atoms with van der Waals surface area (Å²) in [6, 6.07) is 7.79. The van der Waals surface area contributed by atoms with Crippen molar-refractivity contribution < 1.29 is 14.2 Å². The van der Waals surface area contributed by atoms with Crippen LogP contribution in [0.5, 0.6) is 11.5 Å². The molecule has 2 heterocycles. The summed E-state index contributed by atoms with van der Waals surface area (Å²) in [5.74, 6) is 2.28. The lowest BCUT2D eigenvalue weighted by Gasteiger charge is -2.32. The second-order valence-corrected chi connectivity index (χ2v) is 5.37. The molecule has 0 unspecified atom stereocenters. The smallest absolute Gasteiger partial charge is 0.161 e. The molecule has 4 nitrogen and oxygen atoms in total. The van der Waals surface area contributed by atoms with Crippen molar-refractivity contribution in [3.63, 3.8) is 0 Å². The molecule has 2 aliphatic rings. The monoisotopic (exact) mass is 263 g/mol. The quantitative estimate of drug-likeness (QED) is 0.906. The molecule has 1 saturated heterocycles. The molecule has 104 valence electrons. The molecule has 0 amide bonds. The number of hydrogen-bond donors (Lipinski definition) is 1. The second-order valence-electron chi connectivity index (χ2n) is 5.37. The molecule has 0 aromatic heterocycles. The number of para-hydroxylation sites is 2. The number of benzene rings is 1. The van der Waals surface area contributed by atoms with E-state index in [0.29, 0.717) is 12.5 Å². The molecule has 0 bridgehead atoms. The van der Waals surface area contributed by atoms with Crippen LogP contribution < -0.4 is 15.2 Å². The summed E-state index contributed by atoms with van der Waals surface area (Å²) in [6.45, 7) is 2.27. The van der Waals surface area contributed by atoms with Crippen molar-refractivity contribution >= 4 is 0 Å². The largest absolute Gasteiger partial charge is 0.486 e. The standard InChI is InChI=1S/C15H21NO3/c16-12(9-11-5-7-17-8-6-11)15-10-18-13-3-1-2-4-14(13)19-15/h1-4,11-12,15H,5-10,16H2/t12-,15+/m1/s1. The Morgan fingerprint density at radius 2 is 1.89 bits per heavy atom. The maximum absolute atomic E-state index is 6.29. The number of fused-ring (bicyclic) bond motifs is 1. The van der Waals surface area contributed by atoms with Crippen molar-refractivity contribution in [3.8, 4) is 11.5 Å². The molecule has 3 rings (SSSR count). The van der Waals surface area contributed by atoms with E-state index in [1.165, 1.54) is 0 Å². The van der Waals surface area contributed by atoms with Crippen LogP contribution >= 0.6 is 0 Å². The third-order valence-electron chi connectivity index (χ3n) is 3.95. The fourth-order valence-corrected chi connectivity index (χ4v) is 2.77. The Bertz CT molecular complexity index is 418. The number of ether oxygens (including phenoxy) is 3. The predicted molar refractivity (Wildman–Crippen MR) is 72.5 cm³/mol. The van der Waals surface area contributed by atoms with Crippen LogP contribution in [-0.2, 0) is 4.74 Å². The Hall–Kier alpha value is -1.26. The van der Waals surface area contributed by atoms with Crippen LogP contribution in [0.2, 0.25) is 0 Å². The average Bonchev–Trinajstić information content (AvgIpc) is 2.48. The highest BCUT2D eigenvalue weighted by molar-refractivity contribution is 5.40. The molecule has 0 aliphatic carbocycles. The summed E-state index contributed by atoms with van der Waals surface area (Å²) in [5, 5.41) is 0. The minimum Gasteiger partial charge on any atom is -0.486 e. The van der Waals surface area contributed by atoms with Crippen molar-refractivity contribution in [1.29, 1.82) is 0 Å². The lowest BCUT2D eigenvalue weighted by Crippen LogP contribution is -2.46. The van der Waals surface area contributed by atoms with Crippen molar-refractivity contribution in [2.24, 2.45) is 11.7 Å². The van der Waals surface area contributed by atoms with E-state index in [1.54, 1.807) is 0 Å². The molecule has 1 aromatic rings. The number of hydrogen-bond acceptors (Lipinski definition) is 4. The molecule has 1 fully saturated rings. The maximum Gasteiger partial charge on any atom is 0.161 e. The third kappa shape index (κ3) is 3.01. The van der Waals surface area contributed by atoms with E-state index in [0.717, 1.165) is 44.0 Å². The zero-order valence-corrected chi connectivity index (χ0v) is 11.1. The van der Waals surface area contributed by atoms with Gasteiger partial charge in [0.05, 0.1) is 0 Å². The van der Waals surface area contributed by atoms with Crippen LogP contribution in [0.4, 0.5) is 0 Å². The van der Waals surface area contributed by atoms with E-state index in [9.17, 15) is 0 Å². The summed E-state index contributed by atoms with van der Waals surface area (Å²) in [4.78, 5) is 0.